The second-order valence-corrected chi connectivity index (χ2v) is 5.07. The number of nitrogens with zero attached hydrogens (tertiary/aromatic N) is 1. The Kier molecular flexibility index (Phi) is 6.52. The van der Waals surface area contributed by atoms with Gasteiger partial charge in [0.2, 0.25) is 0 Å². The number of pyridine rings is 1. The van der Waals surface area contributed by atoms with Gasteiger partial charge in [0.05, 0.1) is 10.6 Å². The lowest BCUT2D eigenvalue weighted by atomic mass is 10.1. The van der Waals surface area contributed by atoms with E-state index in [-0.39, 0.29) is 5.91 Å². The van der Waals surface area contributed by atoms with E-state index in [2.05, 4.69) is 33.2 Å². The number of rotatable bonds is 6. The third kappa shape index (κ3) is 5.04. The van der Waals surface area contributed by atoms with Gasteiger partial charge in [-0.05, 0) is 24.8 Å². The van der Waals surface area contributed by atoms with Gasteiger partial charge in [-0.3, -0.25) is 9.78 Å². The van der Waals surface area contributed by atoms with Crippen molar-refractivity contribution >= 4 is 33.4 Å². The predicted octanol–water partition coefficient (Wildman–Crippen LogP) is 3.28. The lowest BCUT2D eigenvalue weighted by Crippen LogP contribution is -2.25. The van der Waals surface area contributed by atoms with Crippen LogP contribution >= 0.6 is 27.5 Å². The molecule has 0 fully saturated rings. The van der Waals surface area contributed by atoms with E-state index in [1.807, 2.05) is 0 Å². The molecule has 17 heavy (non-hydrogen) atoms. The van der Waals surface area contributed by atoms with Gasteiger partial charge in [-0.1, -0.05) is 34.5 Å². The molecule has 3 nitrogen and oxygen atoms in total. The fourth-order valence-electron chi connectivity index (χ4n) is 1.38. The van der Waals surface area contributed by atoms with Crippen molar-refractivity contribution in [1.82, 2.24) is 10.3 Å². The monoisotopic (exact) mass is 318 g/mol. The first-order chi connectivity index (χ1) is 8.15. The van der Waals surface area contributed by atoms with Crippen molar-refractivity contribution in [2.75, 3.05) is 11.9 Å². The Balaban J connectivity index is 2.33. The highest BCUT2D eigenvalue weighted by Crippen LogP contribution is 2.13. The summed E-state index contributed by atoms with van der Waals surface area (Å²) in [5, 5.41) is 4.24. The highest BCUT2D eigenvalue weighted by atomic mass is 79.9. The molecule has 1 aromatic heterocycles. The fourth-order valence-corrected chi connectivity index (χ4v) is 1.91. The second kappa shape index (κ2) is 7.67. The first kappa shape index (κ1) is 14.5. The zero-order chi connectivity index (χ0) is 12.7. The predicted molar refractivity (Wildman–Crippen MR) is 73.8 cm³/mol. The van der Waals surface area contributed by atoms with Crippen molar-refractivity contribution in [3.8, 4) is 0 Å². The maximum atomic E-state index is 11.7. The number of amides is 1. The smallest absolute Gasteiger partial charge is 0.252 e. The normalized spacial score (nSPS) is 12.2. The van der Waals surface area contributed by atoms with E-state index in [9.17, 15) is 4.79 Å². The van der Waals surface area contributed by atoms with Gasteiger partial charge in [-0.25, -0.2) is 0 Å². The number of hydrogen-bond acceptors (Lipinski definition) is 2. The van der Waals surface area contributed by atoms with E-state index >= 15 is 0 Å². The van der Waals surface area contributed by atoms with Gasteiger partial charge in [-0.15, -0.1) is 0 Å². The van der Waals surface area contributed by atoms with Gasteiger partial charge in [0.1, 0.15) is 0 Å². The van der Waals surface area contributed by atoms with Crippen LogP contribution in [-0.2, 0) is 0 Å². The molecule has 5 heteroatoms. The zero-order valence-corrected chi connectivity index (χ0v) is 12.1. The molecule has 1 aromatic rings. The van der Waals surface area contributed by atoms with Crippen LogP contribution in [0.1, 0.15) is 30.1 Å². The lowest BCUT2D eigenvalue weighted by Gasteiger charge is -2.08. The summed E-state index contributed by atoms with van der Waals surface area (Å²) in [6, 6.07) is 1.62. The summed E-state index contributed by atoms with van der Waals surface area (Å²) in [6.45, 7) is 2.85. The van der Waals surface area contributed by atoms with Gasteiger partial charge in [0.15, 0.2) is 0 Å². The van der Waals surface area contributed by atoms with Crippen LogP contribution in [0.15, 0.2) is 18.5 Å². The molecule has 1 heterocycles. The molecule has 0 aromatic carbocycles. The Bertz CT molecular complexity index is 373. The highest BCUT2D eigenvalue weighted by Gasteiger charge is 2.09. The largest absolute Gasteiger partial charge is 0.352 e. The van der Waals surface area contributed by atoms with E-state index in [1.54, 1.807) is 12.3 Å². The molecule has 0 radical (unpaired) electrons. The standard InChI is InChI=1S/C12H16BrClN2O/c1-9(7-13)3-2-5-16-12(17)10-4-6-15-8-11(10)14/h4,6,8-9H,2-3,5,7H2,1H3,(H,16,17). The van der Waals surface area contributed by atoms with Crippen molar-refractivity contribution in [3.05, 3.63) is 29.0 Å². The summed E-state index contributed by atoms with van der Waals surface area (Å²) < 4.78 is 0. The van der Waals surface area contributed by atoms with Crippen molar-refractivity contribution in [1.29, 1.82) is 0 Å². The van der Waals surface area contributed by atoms with Gasteiger partial charge >= 0.3 is 0 Å². The molecule has 1 unspecified atom stereocenters. The van der Waals surface area contributed by atoms with Crippen molar-refractivity contribution in [2.45, 2.75) is 19.8 Å². The third-order valence-electron chi connectivity index (χ3n) is 2.44. The molecule has 1 atom stereocenters. The van der Waals surface area contributed by atoms with E-state index in [4.69, 9.17) is 11.6 Å². The van der Waals surface area contributed by atoms with E-state index in [1.165, 1.54) is 6.20 Å². The quantitative estimate of drug-likeness (QED) is 0.646. The van der Waals surface area contributed by atoms with Crippen LogP contribution in [0.3, 0.4) is 0 Å². The molecule has 0 aliphatic heterocycles. The average molecular weight is 320 g/mol. The summed E-state index contributed by atoms with van der Waals surface area (Å²) >= 11 is 9.31. The van der Waals surface area contributed by atoms with Crippen LogP contribution < -0.4 is 5.32 Å². The maximum Gasteiger partial charge on any atom is 0.252 e. The number of carbonyl (C=O) groups is 1. The van der Waals surface area contributed by atoms with Gasteiger partial charge in [-0.2, -0.15) is 0 Å². The van der Waals surface area contributed by atoms with Crippen molar-refractivity contribution in [3.63, 3.8) is 0 Å². The minimum Gasteiger partial charge on any atom is -0.352 e. The van der Waals surface area contributed by atoms with Crippen molar-refractivity contribution in [2.24, 2.45) is 5.92 Å². The SMILES string of the molecule is CC(CBr)CCCNC(=O)c1ccncc1Cl. The molecular formula is C12H16BrClN2O. The van der Waals surface area contributed by atoms with E-state index < -0.39 is 0 Å². The first-order valence-corrected chi connectivity index (χ1v) is 7.08. The summed E-state index contributed by atoms with van der Waals surface area (Å²) in [5.41, 5.74) is 0.482. The number of carbonyl (C=O) groups excluding carboxylic acids is 1. The Labute approximate surface area is 115 Å². The molecule has 1 amide bonds. The molecular weight excluding hydrogens is 304 g/mol. The van der Waals surface area contributed by atoms with E-state index in [0.29, 0.717) is 23.0 Å². The third-order valence-corrected chi connectivity index (χ3v) is 3.85. The average Bonchev–Trinajstić information content (AvgIpc) is 2.34. The lowest BCUT2D eigenvalue weighted by molar-refractivity contribution is 0.0952. The molecule has 94 valence electrons. The summed E-state index contributed by atoms with van der Waals surface area (Å²) in [5.74, 6) is 0.500. The Morgan fingerprint density at radius 1 is 1.65 bits per heavy atom. The molecule has 0 aliphatic rings. The van der Waals surface area contributed by atoms with Crippen LogP contribution in [0.2, 0.25) is 5.02 Å². The van der Waals surface area contributed by atoms with Crippen LogP contribution in [0, 0.1) is 5.92 Å². The summed E-state index contributed by atoms with van der Waals surface area (Å²) in [6.07, 6.45) is 5.11. The summed E-state index contributed by atoms with van der Waals surface area (Å²) in [4.78, 5) is 15.6. The summed E-state index contributed by atoms with van der Waals surface area (Å²) in [7, 11) is 0. The van der Waals surface area contributed by atoms with Crippen molar-refractivity contribution < 1.29 is 4.79 Å². The number of nitrogens with one attached hydrogen (secondary N) is 1. The molecule has 0 bridgehead atoms. The van der Waals surface area contributed by atoms with E-state index in [0.717, 1.165) is 18.2 Å². The molecule has 1 N–H and O–H groups in total. The van der Waals surface area contributed by atoms with Gasteiger partial charge in [0, 0.05) is 24.3 Å². The minimum absolute atomic E-state index is 0.135. The molecule has 0 spiro atoms. The molecule has 0 saturated heterocycles. The fraction of sp³-hybridized carbons (Fsp3) is 0.500. The number of halogens is 2. The molecule has 0 aliphatic carbocycles. The topological polar surface area (TPSA) is 42.0 Å². The Hall–Kier alpha value is -0.610. The Morgan fingerprint density at radius 3 is 3.06 bits per heavy atom. The Morgan fingerprint density at radius 2 is 2.41 bits per heavy atom. The number of hydrogen-bond donors (Lipinski definition) is 1. The second-order valence-electron chi connectivity index (χ2n) is 4.01. The minimum atomic E-state index is -0.135. The van der Waals surface area contributed by atoms with Crippen LogP contribution in [0.25, 0.3) is 0 Å². The molecule has 1 rings (SSSR count). The number of aromatic nitrogens is 1. The zero-order valence-electron chi connectivity index (χ0n) is 9.75. The van der Waals surface area contributed by atoms with Crippen LogP contribution in [0.4, 0.5) is 0 Å². The first-order valence-electron chi connectivity index (χ1n) is 5.58. The van der Waals surface area contributed by atoms with Crippen LogP contribution in [-0.4, -0.2) is 22.8 Å². The van der Waals surface area contributed by atoms with Gasteiger partial charge < -0.3 is 5.32 Å². The maximum absolute atomic E-state index is 11.7. The van der Waals surface area contributed by atoms with Gasteiger partial charge in [0.25, 0.3) is 5.91 Å². The number of alkyl halides is 1. The van der Waals surface area contributed by atoms with Crippen LogP contribution in [0.5, 0.6) is 0 Å². The molecule has 0 saturated carbocycles. The highest BCUT2D eigenvalue weighted by molar-refractivity contribution is 9.09.